The van der Waals surface area contributed by atoms with Crippen LogP contribution in [0.25, 0.3) is 16.9 Å². The second-order valence-electron chi connectivity index (χ2n) is 5.19. The molecule has 0 aliphatic rings. The lowest BCUT2D eigenvalue weighted by Gasteiger charge is -2.13. The van der Waals surface area contributed by atoms with Crippen LogP contribution in [0.1, 0.15) is 11.5 Å². The van der Waals surface area contributed by atoms with Gasteiger partial charge in [-0.05, 0) is 37.3 Å². The Morgan fingerprint density at radius 1 is 1.00 bits per heavy atom. The molecule has 0 bridgehead atoms. The normalized spacial score (nSPS) is 12.6. The summed E-state index contributed by atoms with van der Waals surface area (Å²) in [6.07, 6.45) is -9.58. The lowest BCUT2D eigenvalue weighted by atomic mass is 10.3. The van der Waals surface area contributed by atoms with Gasteiger partial charge in [0.05, 0.1) is 10.7 Å². The molecule has 0 unspecified atom stereocenters. The second kappa shape index (κ2) is 6.04. The molecule has 11 heteroatoms. The molecule has 0 saturated carbocycles. The highest BCUT2D eigenvalue weighted by atomic mass is 35.5. The average Bonchev–Trinajstić information content (AvgIpc) is 2.82. The zero-order chi connectivity index (χ0) is 19.3. The molecule has 3 rings (SSSR count). The zero-order valence-electron chi connectivity index (χ0n) is 12.8. The minimum absolute atomic E-state index is 0.0992. The molecule has 0 aliphatic heterocycles. The smallest absolute Gasteiger partial charge is 0.404 e. The number of fused-ring (bicyclic) bond motifs is 1. The number of imidazole rings is 1. The number of benzene rings is 1. The van der Waals surface area contributed by atoms with Crippen molar-refractivity contribution in [1.82, 2.24) is 14.5 Å². The maximum Gasteiger partial charge on any atom is 0.573 e. The molecule has 0 N–H and O–H groups in total. The Morgan fingerprint density at radius 2 is 1.69 bits per heavy atom. The number of pyridine rings is 1. The van der Waals surface area contributed by atoms with Crippen LogP contribution in [-0.2, 0) is 6.18 Å². The van der Waals surface area contributed by atoms with Gasteiger partial charge in [-0.1, -0.05) is 11.6 Å². The first-order valence-electron chi connectivity index (χ1n) is 6.95. The van der Waals surface area contributed by atoms with Crippen LogP contribution < -0.4 is 4.74 Å². The summed E-state index contributed by atoms with van der Waals surface area (Å²) in [5.41, 5.74) is -0.828. The van der Waals surface area contributed by atoms with Crippen molar-refractivity contribution in [3.8, 4) is 11.4 Å². The van der Waals surface area contributed by atoms with Gasteiger partial charge in [0.15, 0.2) is 5.65 Å². The highest BCUT2D eigenvalue weighted by molar-refractivity contribution is 6.32. The molecular weight excluding hydrogens is 388 g/mol. The largest absolute Gasteiger partial charge is 0.573 e. The molecular formula is C15H8ClF6N3O. The van der Waals surface area contributed by atoms with Crippen LogP contribution >= 0.6 is 11.6 Å². The molecule has 0 fully saturated rings. The number of ether oxygens (including phenoxy) is 1. The van der Waals surface area contributed by atoms with Gasteiger partial charge in [-0.2, -0.15) is 13.2 Å². The van der Waals surface area contributed by atoms with Gasteiger partial charge in [-0.25, -0.2) is 9.97 Å². The van der Waals surface area contributed by atoms with Gasteiger partial charge < -0.3 is 4.74 Å². The molecule has 2 aromatic heterocycles. The van der Waals surface area contributed by atoms with Crippen LogP contribution in [0, 0.1) is 6.92 Å². The second-order valence-corrected chi connectivity index (χ2v) is 5.60. The fraction of sp³-hybridized carbons (Fsp3) is 0.200. The summed E-state index contributed by atoms with van der Waals surface area (Å²) in [6, 6.07) is 5.26. The van der Waals surface area contributed by atoms with Gasteiger partial charge in [-0.3, -0.25) is 4.57 Å². The first-order valence-corrected chi connectivity index (χ1v) is 7.32. The van der Waals surface area contributed by atoms with Crippen molar-refractivity contribution in [3.05, 3.63) is 46.9 Å². The van der Waals surface area contributed by atoms with E-state index in [2.05, 4.69) is 14.7 Å². The maximum atomic E-state index is 12.9. The third-order valence-electron chi connectivity index (χ3n) is 3.36. The fourth-order valence-electron chi connectivity index (χ4n) is 2.37. The topological polar surface area (TPSA) is 39.9 Å². The Balaban J connectivity index is 2.13. The number of hydrogen-bond acceptors (Lipinski definition) is 3. The van der Waals surface area contributed by atoms with Gasteiger partial charge in [0, 0.05) is 0 Å². The SMILES string of the molecule is Cc1nc2ccc(C(F)(F)F)nc2n1-c1ccc(OC(F)(F)F)c(Cl)c1. The van der Waals surface area contributed by atoms with E-state index < -0.39 is 24.0 Å². The van der Waals surface area contributed by atoms with Crippen molar-refractivity contribution in [3.63, 3.8) is 0 Å². The Hall–Kier alpha value is -2.49. The predicted molar refractivity (Wildman–Crippen MR) is 80.3 cm³/mol. The summed E-state index contributed by atoms with van der Waals surface area (Å²) in [6.45, 7) is 1.52. The molecule has 26 heavy (non-hydrogen) atoms. The first-order chi connectivity index (χ1) is 12.0. The van der Waals surface area contributed by atoms with Crippen LogP contribution in [0.4, 0.5) is 26.3 Å². The number of alkyl halides is 6. The van der Waals surface area contributed by atoms with E-state index in [1.54, 1.807) is 0 Å². The van der Waals surface area contributed by atoms with Gasteiger partial charge in [-0.15, -0.1) is 13.2 Å². The van der Waals surface area contributed by atoms with Crippen LogP contribution in [0.2, 0.25) is 5.02 Å². The Morgan fingerprint density at radius 3 is 2.27 bits per heavy atom. The lowest BCUT2D eigenvalue weighted by molar-refractivity contribution is -0.274. The van der Waals surface area contributed by atoms with Gasteiger partial charge in [0.25, 0.3) is 0 Å². The van der Waals surface area contributed by atoms with Crippen LogP contribution in [-0.4, -0.2) is 20.9 Å². The van der Waals surface area contributed by atoms with Crippen LogP contribution in [0.3, 0.4) is 0 Å². The Bertz CT molecular complexity index is 980. The van der Waals surface area contributed by atoms with Gasteiger partial charge >= 0.3 is 12.5 Å². The van der Waals surface area contributed by atoms with E-state index in [1.807, 2.05) is 0 Å². The average molecular weight is 396 g/mol. The number of nitrogens with zero attached hydrogens (tertiary/aromatic N) is 3. The van der Waals surface area contributed by atoms with Crippen molar-refractivity contribution in [2.24, 2.45) is 0 Å². The molecule has 1 aromatic carbocycles. The number of aromatic nitrogens is 3. The molecule has 0 radical (unpaired) electrons. The highest BCUT2D eigenvalue weighted by Gasteiger charge is 2.34. The molecule has 138 valence electrons. The van der Waals surface area contributed by atoms with Crippen molar-refractivity contribution >= 4 is 22.8 Å². The van der Waals surface area contributed by atoms with Crippen molar-refractivity contribution in [2.75, 3.05) is 0 Å². The van der Waals surface area contributed by atoms with Gasteiger partial charge in [0.2, 0.25) is 0 Å². The molecule has 0 amide bonds. The molecule has 0 aliphatic carbocycles. The monoisotopic (exact) mass is 395 g/mol. The summed E-state index contributed by atoms with van der Waals surface area (Å²) in [5.74, 6) is -0.346. The standard InChI is InChI=1S/C15H8ClF6N3O/c1-7-23-10-3-5-12(14(17,18)19)24-13(10)25(7)8-2-4-11(9(16)6-8)26-15(20,21)22/h2-6H,1H3. The summed E-state index contributed by atoms with van der Waals surface area (Å²) in [7, 11) is 0. The van der Waals surface area contributed by atoms with Crippen molar-refractivity contribution < 1.29 is 31.1 Å². The summed E-state index contributed by atoms with van der Waals surface area (Å²) in [4.78, 5) is 7.68. The van der Waals surface area contributed by atoms with E-state index in [9.17, 15) is 26.3 Å². The van der Waals surface area contributed by atoms with E-state index >= 15 is 0 Å². The van der Waals surface area contributed by atoms with Crippen LogP contribution in [0.5, 0.6) is 5.75 Å². The highest BCUT2D eigenvalue weighted by Crippen LogP contribution is 2.34. The molecule has 0 saturated heterocycles. The number of halogens is 7. The third kappa shape index (κ3) is 3.55. The number of hydrogen-bond donors (Lipinski definition) is 0. The van der Waals surface area contributed by atoms with E-state index in [0.29, 0.717) is 0 Å². The van der Waals surface area contributed by atoms with E-state index in [0.717, 1.165) is 24.3 Å². The Kier molecular flexibility index (Phi) is 4.26. The van der Waals surface area contributed by atoms with E-state index in [4.69, 9.17) is 11.6 Å². The van der Waals surface area contributed by atoms with E-state index in [-0.39, 0.29) is 27.7 Å². The van der Waals surface area contributed by atoms with E-state index in [1.165, 1.54) is 17.6 Å². The molecule has 3 aromatic rings. The molecule has 0 spiro atoms. The summed E-state index contributed by atoms with van der Waals surface area (Å²) < 4.78 is 80.6. The minimum Gasteiger partial charge on any atom is -0.404 e. The zero-order valence-corrected chi connectivity index (χ0v) is 13.5. The quantitative estimate of drug-likeness (QED) is 0.553. The third-order valence-corrected chi connectivity index (χ3v) is 3.66. The fourth-order valence-corrected chi connectivity index (χ4v) is 2.59. The Labute approximate surface area is 147 Å². The van der Waals surface area contributed by atoms with Crippen LogP contribution in [0.15, 0.2) is 30.3 Å². The minimum atomic E-state index is -4.92. The van der Waals surface area contributed by atoms with Crippen molar-refractivity contribution in [2.45, 2.75) is 19.5 Å². The first kappa shape index (κ1) is 18.3. The predicted octanol–water partition coefficient (Wildman–Crippen LogP) is 5.30. The van der Waals surface area contributed by atoms with Crippen molar-refractivity contribution in [1.29, 1.82) is 0 Å². The number of rotatable bonds is 2. The molecule has 4 nitrogen and oxygen atoms in total. The van der Waals surface area contributed by atoms with Gasteiger partial charge in [0.1, 0.15) is 22.8 Å². The molecule has 0 atom stereocenters. The summed E-state index contributed by atoms with van der Waals surface area (Å²) in [5, 5.41) is -0.368. The number of aryl methyl sites for hydroxylation is 1. The lowest BCUT2D eigenvalue weighted by Crippen LogP contribution is -2.17. The molecule has 2 heterocycles. The maximum absolute atomic E-state index is 12.9. The summed E-state index contributed by atoms with van der Waals surface area (Å²) >= 11 is 5.80.